The first-order chi connectivity index (χ1) is 14.6. The van der Waals surface area contributed by atoms with Crippen molar-refractivity contribution in [2.24, 2.45) is 7.05 Å². The highest BCUT2D eigenvalue weighted by Crippen LogP contribution is 2.29. The molecule has 1 unspecified atom stereocenters. The summed E-state index contributed by atoms with van der Waals surface area (Å²) in [5.41, 5.74) is 2.05. The summed E-state index contributed by atoms with van der Waals surface area (Å²) in [5, 5.41) is 12.4. The second-order valence-corrected chi connectivity index (χ2v) is 6.93. The molecule has 0 N–H and O–H groups in total. The molecule has 9 heteroatoms. The topological polar surface area (TPSA) is 91.6 Å². The molecule has 1 amide bonds. The Morgan fingerprint density at radius 2 is 1.83 bits per heavy atom. The van der Waals surface area contributed by atoms with Gasteiger partial charge in [-0.25, -0.2) is 0 Å². The summed E-state index contributed by atoms with van der Waals surface area (Å²) < 4.78 is 17.9. The highest BCUT2D eigenvalue weighted by atomic mass is 16.5. The van der Waals surface area contributed by atoms with E-state index in [1.807, 2.05) is 24.3 Å². The fourth-order valence-corrected chi connectivity index (χ4v) is 3.48. The van der Waals surface area contributed by atoms with Gasteiger partial charge in [0.25, 0.3) is 5.91 Å². The number of methoxy groups -OCH3 is 2. The zero-order chi connectivity index (χ0) is 21.1. The van der Waals surface area contributed by atoms with Crippen LogP contribution in [0.5, 0.6) is 17.5 Å². The summed E-state index contributed by atoms with van der Waals surface area (Å²) >= 11 is 0. The molecule has 1 aliphatic rings. The number of aromatic nitrogens is 4. The molecule has 0 spiro atoms. The van der Waals surface area contributed by atoms with E-state index in [9.17, 15) is 4.79 Å². The fourth-order valence-electron chi connectivity index (χ4n) is 3.48. The number of para-hydroxylation sites is 1. The minimum Gasteiger partial charge on any atom is -0.496 e. The van der Waals surface area contributed by atoms with E-state index in [1.165, 1.54) is 7.11 Å². The Hall–Kier alpha value is -3.62. The summed E-state index contributed by atoms with van der Waals surface area (Å²) in [6.07, 6.45) is 0.579. The van der Waals surface area contributed by atoms with Crippen LogP contribution in [0, 0.1) is 0 Å². The Bertz CT molecular complexity index is 1030. The minimum absolute atomic E-state index is 0.0851. The van der Waals surface area contributed by atoms with Crippen LogP contribution in [0.3, 0.4) is 0 Å². The molecular formula is C21H23N5O4. The lowest BCUT2D eigenvalue weighted by Gasteiger charge is -2.16. The van der Waals surface area contributed by atoms with Crippen molar-refractivity contribution in [1.29, 1.82) is 0 Å². The number of ether oxygens (including phenoxy) is 3. The molecule has 1 fully saturated rings. The SMILES string of the molecule is COc1ccc(OC2CCN(C(=O)c3cc(-c4ccccc4OC)nn3C)C2)nn1. The van der Waals surface area contributed by atoms with Gasteiger partial charge in [-0.1, -0.05) is 12.1 Å². The predicted octanol–water partition coefficient (Wildman–Crippen LogP) is 2.19. The summed E-state index contributed by atoms with van der Waals surface area (Å²) in [7, 11) is 4.91. The Balaban J connectivity index is 1.45. The maximum Gasteiger partial charge on any atom is 0.272 e. The third kappa shape index (κ3) is 3.91. The molecular weight excluding hydrogens is 386 g/mol. The molecule has 3 heterocycles. The molecule has 4 rings (SSSR count). The van der Waals surface area contributed by atoms with Crippen molar-refractivity contribution >= 4 is 5.91 Å². The number of likely N-dealkylation sites (tertiary alicyclic amines) is 1. The van der Waals surface area contributed by atoms with E-state index >= 15 is 0 Å². The Labute approximate surface area is 174 Å². The second kappa shape index (κ2) is 8.40. The molecule has 1 atom stereocenters. The number of carbonyl (C=O) groups excluding carboxylic acids is 1. The number of carbonyl (C=O) groups is 1. The fraction of sp³-hybridized carbons (Fsp3) is 0.333. The van der Waals surface area contributed by atoms with Crippen LogP contribution >= 0.6 is 0 Å². The predicted molar refractivity (Wildman–Crippen MR) is 109 cm³/mol. The van der Waals surface area contributed by atoms with Gasteiger partial charge in [-0.2, -0.15) is 5.10 Å². The van der Waals surface area contributed by atoms with Gasteiger partial charge in [-0.05, 0) is 18.2 Å². The van der Waals surface area contributed by atoms with Crippen molar-refractivity contribution in [3.8, 4) is 28.8 Å². The van der Waals surface area contributed by atoms with Crippen molar-refractivity contribution in [2.45, 2.75) is 12.5 Å². The minimum atomic E-state index is -0.140. The summed E-state index contributed by atoms with van der Waals surface area (Å²) in [4.78, 5) is 14.9. The van der Waals surface area contributed by atoms with Crippen LogP contribution in [0.25, 0.3) is 11.3 Å². The number of aryl methyl sites for hydroxylation is 1. The lowest BCUT2D eigenvalue weighted by atomic mass is 10.1. The zero-order valence-corrected chi connectivity index (χ0v) is 17.1. The van der Waals surface area contributed by atoms with E-state index in [-0.39, 0.29) is 12.0 Å². The van der Waals surface area contributed by atoms with E-state index in [4.69, 9.17) is 14.2 Å². The first kappa shape index (κ1) is 19.7. The monoisotopic (exact) mass is 409 g/mol. The van der Waals surface area contributed by atoms with Gasteiger partial charge in [0.1, 0.15) is 17.5 Å². The quantitative estimate of drug-likeness (QED) is 0.616. The van der Waals surface area contributed by atoms with Crippen LogP contribution in [0.15, 0.2) is 42.5 Å². The van der Waals surface area contributed by atoms with Gasteiger partial charge in [0.15, 0.2) is 0 Å². The van der Waals surface area contributed by atoms with Crippen molar-refractivity contribution < 1.29 is 19.0 Å². The first-order valence-corrected chi connectivity index (χ1v) is 9.60. The van der Waals surface area contributed by atoms with Crippen molar-refractivity contribution in [3.05, 3.63) is 48.2 Å². The van der Waals surface area contributed by atoms with Crippen molar-refractivity contribution in [2.75, 3.05) is 27.3 Å². The maximum absolute atomic E-state index is 13.1. The average molecular weight is 409 g/mol. The molecule has 156 valence electrons. The number of hydrogen-bond acceptors (Lipinski definition) is 7. The average Bonchev–Trinajstić information content (AvgIpc) is 3.40. The standard InChI is InChI=1S/C21H23N5O4/c1-25-17(12-16(24-25)15-6-4-5-7-18(15)28-2)21(27)26-11-10-14(13-26)30-20-9-8-19(29-3)22-23-20/h4-9,12,14H,10-11,13H2,1-3H3. The molecule has 0 aliphatic carbocycles. The summed E-state index contributed by atoms with van der Waals surface area (Å²) in [6.45, 7) is 1.07. The molecule has 1 saturated heterocycles. The lowest BCUT2D eigenvalue weighted by molar-refractivity contribution is 0.0760. The smallest absolute Gasteiger partial charge is 0.272 e. The Kier molecular flexibility index (Phi) is 5.51. The van der Waals surface area contributed by atoms with E-state index in [0.717, 1.165) is 12.0 Å². The number of hydrogen-bond donors (Lipinski definition) is 0. The largest absolute Gasteiger partial charge is 0.496 e. The van der Waals surface area contributed by atoms with Gasteiger partial charge in [-0.3, -0.25) is 9.48 Å². The molecule has 0 saturated carbocycles. The first-order valence-electron chi connectivity index (χ1n) is 9.60. The molecule has 2 aromatic heterocycles. The van der Waals surface area contributed by atoms with Gasteiger partial charge < -0.3 is 19.1 Å². The lowest BCUT2D eigenvalue weighted by Crippen LogP contribution is -2.32. The number of benzene rings is 1. The van der Waals surface area contributed by atoms with Gasteiger partial charge >= 0.3 is 0 Å². The molecule has 1 aromatic carbocycles. The van der Waals surface area contributed by atoms with Crippen LogP contribution in [0.1, 0.15) is 16.9 Å². The van der Waals surface area contributed by atoms with Crippen LogP contribution in [0.2, 0.25) is 0 Å². The normalized spacial score (nSPS) is 15.8. The van der Waals surface area contributed by atoms with Crippen LogP contribution in [-0.2, 0) is 7.05 Å². The third-order valence-electron chi connectivity index (χ3n) is 5.03. The van der Waals surface area contributed by atoms with Gasteiger partial charge in [0.2, 0.25) is 11.8 Å². The third-order valence-corrected chi connectivity index (χ3v) is 5.03. The van der Waals surface area contributed by atoms with Crippen molar-refractivity contribution in [3.63, 3.8) is 0 Å². The molecule has 9 nitrogen and oxygen atoms in total. The van der Waals surface area contributed by atoms with E-state index in [0.29, 0.717) is 42.0 Å². The molecule has 1 aliphatic heterocycles. The highest BCUT2D eigenvalue weighted by molar-refractivity contribution is 5.94. The molecule has 0 bridgehead atoms. The maximum atomic E-state index is 13.1. The van der Waals surface area contributed by atoms with Gasteiger partial charge in [0, 0.05) is 37.7 Å². The van der Waals surface area contributed by atoms with E-state index in [1.54, 1.807) is 41.9 Å². The van der Waals surface area contributed by atoms with E-state index < -0.39 is 0 Å². The Morgan fingerprint density at radius 1 is 1.07 bits per heavy atom. The Morgan fingerprint density at radius 3 is 2.57 bits per heavy atom. The van der Waals surface area contributed by atoms with Crippen LogP contribution in [0.4, 0.5) is 0 Å². The number of rotatable bonds is 6. The molecule has 3 aromatic rings. The number of amides is 1. The van der Waals surface area contributed by atoms with E-state index in [2.05, 4.69) is 15.3 Å². The molecule has 30 heavy (non-hydrogen) atoms. The highest BCUT2D eigenvalue weighted by Gasteiger charge is 2.30. The van der Waals surface area contributed by atoms with Crippen LogP contribution < -0.4 is 14.2 Å². The summed E-state index contributed by atoms with van der Waals surface area (Å²) in [5.74, 6) is 1.46. The van der Waals surface area contributed by atoms with Crippen molar-refractivity contribution in [1.82, 2.24) is 24.9 Å². The second-order valence-electron chi connectivity index (χ2n) is 6.93. The van der Waals surface area contributed by atoms with Gasteiger partial charge in [-0.15, -0.1) is 10.2 Å². The molecule has 0 radical (unpaired) electrons. The zero-order valence-electron chi connectivity index (χ0n) is 17.1. The van der Waals surface area contributed by atoms with Crippen LogP contribution in [-0.4, -0.2) is 64.2 Å². The summed E-state index contributed by atoms with van der Waals surface area (Å²) in [6, 6.07) is 12.8. The number of nitrogens with zero attached hydrogens (tertiary/aromatic N) is 5. The van der Waals surface area contributed by atoms with Gasteiger partial charge in [0.05, 0.1) is 26.5 Å².